The maximum absolute atomic E-state index is 12.1. The lowest BCUT2D eigenvalue weighted by Gasteiger charge is -2.27. The number of nitrogens with zero attached hydrogens (tertiary/aromatic N) is 1. The number of benzene rings is 1. The van der Waals surface area contributed by atoms with E-state index in [-0.39, 0.29) is 25.0 Å². The van der Waals surface area contributed by atoms with Gasteiger partial charge in [-0.1, -0.05) is 36.4 Å². The first-order valence-corrected chi connectivity index (χ1v) is 9.96. The van der Waals surface area contributed by atoms with Gasteiger partial charge in [0.15, 0.2) is 0 Å². The van der Waals surface area contributed by atoms with E-state index in [4.69, 9.17) is 0 Å². The largest absolute Gasteiger partial charge is 0.350 e. The van der Waals surface area contributed by atoms with Crippen LogP contribution in [0.5, 0.6) is 0 Å². The van der Waals surface area contributed by atoms with Gasteiger partial charge < -0.3 is 5.32 Å². The van der Waals surface area contributed by atoms with Gasteiger partial charge in [-0.05, 0) is 23.9 Å². The molecule has 1 N–H and O–H groups in total. The summed E-state index contributed by atoms with van der Waals surface area (Å²) < 4.78 is 25.5. The SMILES string of the molecule is CC(c1ccccc1)N(CCNC(=O)c1cccs1)S(C)(=O)=O. The second-order valence-electron chi connectivity index (χ2n) is 5.19. The molecule has 2 rings (SSSR count). The molecule has 0 bridgehead atoms. The molecule has 1 unspecified atom stereocenters. The zero-order chi connectivity index (χ0) is 16.9. The minimum Gasteiger partial charge on any atom is -0.350 e. The van der Waals surface area contributed by atoms with Crippen molar-refractivity contribution in [2.75, 3.05) is 19.3 Å². The fourth-order valence-corrected chi connectivity index (χ4v) is 4.08. The average Bonchev–Trinajstić information content (AvgIpc) is 3.05. The Bertz CT molecular complexity index is 728. The number of hydrogen-bond acceptors (Lipinski definition) is 4. The number of carbonyl (C=O) groups excluding carboxylic acids is 1. The summed E-state index contributed by atoms with van der Waals surface area (Å²) in [7, 11) is -3.38. The molecule has 2 aromatic rings. The summed E-state index contributed by atoms with van der Waals surface area (Å²) in [4.78, 5) is 12.5. The van der Waals surface area contributed by atoms with Crippen LogP contribution >= 0.6 is 11.3 Å². The zero-order valence-corrected chi connectivity index (χ0v) is 14.7. The molecule has 23 heavy (non-hydrogen) atoms. The second kappa shape index (κ2) is 7.72. The number of sulfonamides is 1. The highest BCUT2D eigenvalue weighted by atomic mass is 32.2. The Morgan fingerprint density at radius 2 is 1.91 bits per heavy atom. The molecule has 1 heterocycles. The Morgan fingerprint density at radius 3 is 2.48 bits per heavy atom. The number of hydrogen-bond donors (Lipinski definition) is 1. The quantitative estimate of drug-likeness (QED) is 0.832. The second-order valence-corrected chi connectivity index (χ2v) is 8.08. The third-order valence-corrected chi connectivity index (χ3v) is 5.72. The van der Waals surface area contributed by atoms with E-state index in [1.165, 1.54) is 21.9 Å². The van der Waals surface area contributed by atoms with Crippen LogP contribution in [-0.4, -0.2) is 38.0 Å². The van der Waals surface area contributed by atoms with Crippen molar-refractivity contribution in [2.24, 2.45) is 0 Å². The lowest BCUT2D eigenvalue weighted by molar-refractivity contribution is 0.0954. The lowest BCUT2D eigenvalue weighted by Crippen LogP contribution is -2.39. The van der Waals surface area contributed by atoms with Crippen LogP contribution in [0.25, 0.3) is 0 Å². The Balaban J connectivity index is 2.01. The number of amides is 1. The van der Waals surface area contributed by atoms with E-state index in [2.05, 4.69) is 5.32 Å². The lowest BCUT2D eigenvalue weighted by atomic mass is 10.1. The van der Waals surface area contributed by atoms with Crippen molar-refractivity contribution in [2.45, 2.75) is 13.0 Å². The molecule has 0 spiro atoms. The molecule has 1 aromatic carbocycles. The van der Waals surface area contributed by atoms with Gasteiger partial charge in [0, 0.05) is 19.1 Å². The van der Waals surface area contributed by atoms with Crippen LogP contribution in [0.2, 0.25) is 0 Å². The van der Waals surface area contributed by atoms with E-state index >= 15 is 0 Å². The monoisotopic (exact) mass is 352 g/mol. The molecule has 0 saturated heterocycles. The molecule has 124 valence electrons. The molecule has 1 atom stereocenters. The molecule has 0 aliphatic carbocycles. The predicted molar refractivity (Wildman–Crippen MR) is 93.1 cm³/mol. The molecular weight excluding hydrogens is 332 g/mol. The van der Waals surface area contributed by atoms with E-state index < -0.39 is 10.0 Å². The third kappa shape index (κ3) is 4.89. The van der Waals surface area contributed by atoms with Crippen molar-refractivity contribution in [3.8, 4) is 0 Å². The van der Waals surface area contributed by atoms with Crippen LogP contribution < -0.4 is 5.32 Å². The maximum atomic E-state index is 12.1. The molecule has 1 aromatic heterocycles. The highest BCUT2D eigenvalue weighted by Crippen LogP contribution is 2.22. The molecule has 0 radical (unpaired) electrons. The van der Waals surface area contributed by atoms with Gasteiger partial charge in [0.2, 0.25) is 10.0 Å². The minimum atomic E-state index is -3.38. The number of thiophene rings is 1. The summed E-state index contributed by atoms with van der Waals surface area (Å²) >= 11 is 1.35. The van der Waals surface area contributed by atoms with Crippen LogP contribution in [0.1, 0.15) is 28.2 Å². The zero-order valence-electron chi connectivity index (χ0n) is 13.1. The molecular formula is C16H20N2O3S2. The van der Waals surface area contributed by atoms with Crippen molar-refractivity contribution in [3.63, 3.8) is 0 Å². The van der Waals surface area contributed by atoms with E-state index in [9.17, 15) is 13.2 Å². The van der Waals surface area contributed by atoms with Crippen molar-refractivity contribution in [1.82, 2.24) is 9.62 Å². The van der Waals surface area contributed by atoms with Crippen LogP contribution in [0, 0.1) is 0 Å². The van der Waals surface area contributed by atoms with E-state index in [1.54, 1.807) is 12.1 Å². The summed E-state index contributed by atoms with van der Waals surface area (Å²) in [5.74, 6) is -0.180. The summed E-state index contributed by atoms with van der Waals surface area (Å²) in [6, 6.07) is 12.7. The van der Waals surface area contributed by atoms with E-state index in [0.717, 1.165) is 5.56 Å². The van der Waals surface area contributed by atoms with E-state index in [0.29, 0.717) is 4.88 Å². The Labute approximate surface area is 141 Å². The topological polar surface area (TPSA) is 66.5 Å². The van der Waals surface area contributed by atoms with Crippen LogP contribution in [0.4, 0.5) is 0 Å². The first-order chi connectivity index (χ1) is 10.9. The maximum Gasteiger partial charge on any atom is 0.261 e. The molecule has 0 saturated carbocycles. The third-order valence-electron chi connectivity index (χ3n) is 3.50. The highest BCUT2D eigenvalue weighted by Gasteiger charge is 2.24. The van der Waals surface area contributed by atoms with Crippen LogP contribution in [0.15, 0.2) is 47.8 Å². The summed E-state index contributed by atoms with van der Waals surface area (Å²) in [5.41, 5.74) is 0.919. The van der Waals surface area contributed by atoms with Gasteiger partial charge in [-0.15, -0.1) is 11.3 Å². The van der Waals surface area contributed by atoms with Gasteiger partial charge in [-0.2, -0.15) is 4.31 Å². The van der Waals surface area contributed by atoms with Crippen LogP contribution in [-0.2, 0) is 10.0 Å². The van der Waals surface area contributed by atoms with Crippen molar-refractivity contribution < 1.29 is 13.2 Å². The standard InChI is InChI=1S/C16H20N2O3S2/c1-13(14-7-4-3-5-8-14)18(23(2,20)21)11-10-17-16(19)15-9-6-12-22-15/h3-9,12-13H,10-11H2,1-2H3,(H,17,19). The summed E-state index contributed by atoms with van der Waals surface area (Å²) in [5, 5.41) is 4.59. The number of carbonyl (C=O) groups is 1. The highest BCUT2D eigenvalue weighted by molar-refractivity contribution is 7.88. The first kappa shape index (κ1) is 17.7. The average molecular weight is 352 g/mol. The smallest absolute Gasteiger partial charge is 0.261 e. The van der Waals surface area contributed by atoms with Gasteiger partial charge >= 0.3 is 0 Å². The first-order valence-electron chi connectivity index (χ1n) is 7.23. The predicted octanol–water partition coefficient (Wildman–Crippen LogP) is 2.50. The molecule has 5 nitrogen and oxygen atoms in total. The molecule has 0 aliphatic rings. The summed E-state index contributed by atoms with van der Waals surface area (Å²) in [6.45, 7) is 2.34. The van der Waals surface area contributed by atoms with Gasteiger partial charge in [0.1, 0.15) is 0 Å². The minimum absolute atomic E-state index is 0.180. The fourth-order valence-electron chi connectivity index (χ4n) is 2.32. The van der Waals surface area contributed by atoms with E-state index in [1.807, 2.05) is 42.6 Å². The van der Waals surface area contributed by atoms with Gasteiger partial charge in [0.05, 0.1) is 11.1 Å². The van der Waals surface area contributed by atoms with Gasteiger partial charge in [-0.25, -0.2) is 8.42 Å². The molecule has 0 aliphatic heterocycles. The summed E-state index contributed by atoms with van der Waals surface area (Å²) in [6.07, 6.45) is 1.19. The number of nitrogens with one attached hydrogen (secondary N) is 1. The fraction of sp³-hybridized carbons (Fsp3) is 0.312. The number of rotatable bonds is 7. The Kier molecular flexibility index (Phi) is 5.92. The van der Waals surface area contributed by atoms with Crippen LogP contribution in [0.3, 0.4) is 0 Å². The van der Waals surface area contributed by atoms with Crippen molar-refractivity contribution >= 4 is 27.3 Å². The molecule has 0 fully saturated rings. The Morgan fingerprint density at radius 1 is 1.22 bits per heavy atom. The van der Waals surface area contributed by atoms with Gasteiger partial charge in [-0.3, -0.25) is 4.79 Å². The molecule has 1 amide bonds. The van der Waals surface area contributed by atoms with Crippen molar-refractivity contribution in [1.29, 1.82) is 0 Å². The Hall–Kier alpha value is -1.70. The van der Waals surface area contributed by atoms with Gasteiger partial charge in [0.25, 0.3) is 5.91 Å². The molecule has 7 heteroatoms. The normalized spacial score (nSPS) is 13.0. The van der Waals surface area contributed by atoms with Crippen molar-refractivity contribution in [3.05, 3.63) is 58.3 Å².